The van der Waals surface area contributed by atoms with Crippen molar-refractivity contribution < 1.29 is 28.2 Å². The van der Waals surface area contributed by atoms with Crippen LogP contribution in [0.15, 0.2) is 46.1 Å². The first kappa shape index (κ1) is 22.4. The summed E-state index contributed by atoms with van der Waals surface area (Å²) in [7, 11) is 0. The predicted molar refractivity (Wildman–Crippen MR) is 106 cm³/mol. The van der Waals surface area contributed by atoms with Gasteiger partial charge in [-0.25, -0.2) is 14.0 Å². The molecule has 1 fully saturated rings. The number of hydrogen-bond acceptors (Lipinski definition) is 7. The number of nitrogens with one attached hydrogen (secondary N) is 1. The van der Waals surface area contributed by atoms with Crippen LogP contribution in [0.1, 0.15) is 42.9 Å². The summed E-state index contributed by atoms with van der Waals surface area (Å²) in [6.07, 6.45) is -1.63. The van der Waals surface area contributed by atoms with E-state index in [-0.39, 0.29) is 11.1 Å². The quantitative estimate of drug-likeness (QED) is 0.711. The van der Waals surface area contributed by atoms with Crippen molar-refractivity contribution in [2.75, 3.05) is 6.61 Å². The normalized spacial score (nSPS) is 27.6. The molecule has 10 heteroatoms. The van der Waals surface area contributed by atoms with Crippen LogP contribution in [0.2, 0.25) is 0 Å². The van der Waals surface area contributed by atoms with Crippen molar-refractivity contribution in [1.82, 2.24) is 9.55 Å². The van der Waals surface area contributed by atoms with Crippen molar-refractivity contribution in [2.24, 2.45) is 0 Å². The number of esters is 2. The molecule has 2 heterocycles. The van der Waals surface area contributed by atoms with Gasteiger partial charge in [0.05, 0.1) is 5.56 Å². The van der Waals surface area contributed by atoms with Crippen molar-refractivity contribution in [3.8, 4) is 0 Å². The van der Waals surface area contributed by atoms with Gasteiger partial charge in [-0.1, -0.05) is 18.2 Å². The highest BCUT2D eigenvalue weighted by Gasteiger charge is 2.66. The molecule has 0 unspecified atom stereocenters. The molecule has 0 aliphatic carbocycles. The lowest BCUT2D eigenvalue weighted by molar-refractivity contribution is -0.175. The minimum atomic E-state index is -2.42. The summed E-state index contributed by atoms with van der Waals surface area (Å²) < 4.78 is 33.3. The van der Waals surface area contributed by atoms with Gasteiger partial charge in [-0.15, -0.1) is 0 Å². The number of H-pyrrole nitrogens is 1. The molecule has 0 amide bonds. The molecule has 166 valence electrons. The summed E-state index contributed by atoms with van der Waals surface area (Å²) in [6.45, 7) is 4.54. The second kappa shape index (κ2) is 8.10. The largest absolute Gasteiger partial charge is 0.459 e. The molecular formula is C21H23FN2O7. The van der Waals surface area contributed by atoms with Gasteiger partial charge < -0.3 is 14.2 Å². The van der Waals surface area contributed by atoms with Gasteiger partial charge in [0.2, 0.25) is 0 Å². The van der Waals surface area contributed by atoms with Crippen LogP contribution in [-0.4, -0.2) is 45.5 Å². The predicted octanol–water partition coefficient (Wildman–Crippen LogP) is 1.65. The molecule has 31 heavy (non-hydrogen) atoms. The maximum absolute atomic E-state index is 16.1. The number of ether oxygens (including phenoxy) is 3. The second-order valence-corrected chi connectivity index (χ2v) is 7.70. The molecule has 0 radical (unpaired) electrons. The number of hydrogen-bond donors (Lipinski definition) is 1. The monoisotopic (exact) mass is 434 g/mol. The third kappa shape index (κ3) is 4.02. The van der Waals surface area contributed by atoms with Crippen LogP contribution < -0.4 is 11.2 Å². The van der Waals surface area contributed by atoms with Crippen LogP contribution in [0.25, 0.3) is 0 Å². The first-order chi connectivity index (χ1) is 14.5. The van der Waals surface area contributed by atoms with E-state index in [2.05, 4.69) is 4.98 Å². The molecule has 1 aromatic heterocycles. The zero-order valence-electron chi connectivity index (χ0n) is 17.5. The maximum atomic E-state index is 16.1. The van der Waals surface area contributed by atoms with Gasteiger partial charge >= 0.3 is 17.6 Å². The average Bonchev–Trinajstić information content (AvgIpc) is 2.89. The SMILES string of the molecule is CC(=O)O[C@@]1(C)[C@@H](COC(=O)c2ccccc2)O[C@@H](n2cc(C)c(=O)[nH]c2=O)[C@]1(C)F. The fourth-order valence-corrected chi connectivity index (χ4v) is 3.53. The first-order valence-electron chi connectivity index (χ1n) is 9.55. The smallest absolute Gasteiger partial charge is 0.338 e. The zero-order chi connectivity index (χ0) is 23.0. The number of halogens is 1. The fraction of sp³-hybridized carbons (Fsp3) is 0.429. The summed E-state index contributed by atoms with van der Waals surface area (Å²) in [5.41, 5.74) is -5.39. The third-order valence-corrected chi connectivity index (χ3v) is 5.47. The first-order valence-corrected chi connectivity index (χ1v) is 9.55. The van der Waals surface area contributed by atoms with Gasteiger partial charge in [0.25, 0.3) is 5.56 Å². The number of benzene rings is 1. The summed E-state index contributed by atoms with van der Waals surface area (Å²) in [4.78, 5) is 50.1. The van der Waals surface area contributed by atoms with E-state index in [1.165, 1.54) is 13.8 Å². The Bertz CT molecular complexity index is 1110. The van der Waals surface area contributed by atoms with E-state index in [0.717, 1.165) is 24.6 Å². The maximum Gasteiger partial charge on any atom is 0.338 e. The number of carbonyl (C=O) groups is 2. The Hall–Kier alpha value is -3.27. The van der Waals surface area contributed by atoms with Crippen molar-refractivity contribution in [3.63, 3.8) is 0 Å². The Morgan fingerprint density at radius 2 is 1.87 bits per heavy atom. The van der Waals surface area contributed by atoms with Crippen LogP contribution in [0.4, 0.5) is 4.39 Å². The zero-order valence-corrected chi connectivity index (χ0v) is 17.5. The highest BCUT2D eigenvalue weighted by atomic mass is 19.1. The Labute approximate surface area is 176 Å². The summed E-state index contributed by atoms with van der Waals surface area (Å²) in [5, 5.41) is 0. The summed E-state index contributed by atoms with van der Waals surface area (Å²) >= 11 is 0. The number of aryl methyl sites for hydroxylation is 1. The van der Waals surface area contributed by atoms with Gasteiger partial charge in [0, 0.05) is 18.7 Å². The molecule has 1 N–H and O–H groups in total. The number of aromatic amines is 1. The molecule has 1 aliphatic rings. The van der Waals surface area contributed by atoms with Crippen molar-refractivity contribution >= 4 is 11.9 Å². The lowest BCUT2D eigenvalue weighted by Crippen LogP contribution is -2.55. The Morgan fingerprint density at radius 3 is 2.48 bits per heavy atom. The van der Waals surface area contributed by atoms with E-state index in [9.17, 15) is 19.2 Å². The van der Waals surface area contributed by atoms with Gasteiger partial charge in [-0.2, -0.15) is 0 Å². The standard InChI is InChI=1S/C21H23FN2O7/c1-12-10-24(19(28)23-16(12)26)18-20(3,22)21(4,31-13(2)25)15(30-18)11-29-17(27)14-8-6-5-7-9-14/h5-10,15,18H,11H2,1-4H3,(H,23,26,28)/t15-,18-,20+,21+/m1/s1. The van der Waals surface area contributed by atoms with Crippen molar-refractivity contribution in [3.05, 3.63) is 68.5 Å². The number of carbonyl (C=O) groups excluding carboxylic acids is 2. The number of aromatic nitrogens is 2. The number of rotatable bonds is 5. The summed E-state index contributed by atoms with van der Waals surface area (Å²) in [5.74, 6) is -1.45. The van der Waals surface area contributed by atoms with Gasteiger partial charge in [0.15, 0.2) is 17.5 Å². The van der Waals surface area contributed by atoms with Crippen LogP contribution in [0, 0.1) is 6.92 Å². The molecule has 2 aromatic rings. The van der Waals surface area contributed by atoms with Crippen LogP contribution in [0.5, 0.6) is 0 Å². The molecule has 3 rings (SSSR count). The highest BCUT2D eigenvalue weighted by Crippen LogP contribution is 2.50. The van der Waals surface area contributed by atoms with Gasteiger partial charge in [-0.05, 0) is 32.9 Å². The number of alkyl halides is 1. The van der Waals surface area contributed by atoms with E-state index in [1.54, 1.807) is 30.3 Å². The Balaban J connectivity index is 1.95. The molecule has 9 nitrogen and oxygen atoms in total. The lowest BCUT2D eigenvalue weighted by atomic mass is 9.84. The lowest BCUT2D eigenvalue weighted by Gasteiger charge is -2.36. The van der Waals surface area contributed by atoms with E-state index >= 15 is 4.39 Å². The van der Waals surface area contributed by atoms with E-state index in [0.29, 0.717) is 0 Å². The molecule has 4 atom stereocenters. The van der Waals surface area contributed by atoms with E-state index < -0.39 is 53.4 Å². The molecule has 0 bridgehead atoms. The van der Waals surface area contributed by atoms with E-state index in [1.807, 2.05) is 0 Å². The second-order valence-electron chi connectivity index (χ2n) is 7.70. The van der Waals surface area contributed by atoms with Crippen molar-refractivity contribution in [2.45, 2.75) is 51.3 Å². The topological polar surface area (TPSA) is 117 Å². The minimum Gasteiger partial charge on any atom is -0.459 e. The molecule has 1 aromatic carbocycles. The van der Waals surface area contributed by atoms with Crippen molar-refractivity contribution in [1.29, 1.82) is 0 Å². The number of nitrogens with zero attached hydrogens (tertiary/aromatic N) is 1. The van der Waals surface area contributed by atoms with Crippen LogP contribution in [0.3, 0.4) is 0 Å². The molecule has 0 spiro atoms. The van der Waals surface area contributed by atoms with Gasteiger partial charge in [-0.3, -0.25) is 19.1 Å². The third-order valence-electron chi connectivity index (χ3n) is 5.47. The van der Waals surface area contributed by atoms with Gasteiger partial charge in [0.1, 0.15) is 12.7 Å². The van der Waals surface area contributed by atoms with Crippen LogP contribution >= 0.6 is 0 Å². The minimum absolute atomic E-state index is 0.159. The van der Waals surface area contributed by atoms with Crippen LogP contribution in [-0.2, 0) is 19.0 Å². The molecule has 1 aliphatic heterocycles. The Morgan fingerprint density at radius 1 is 1.23 bits per heavy atom. The fourth-order valence-electron chi connectivity index (χ4n) is 3.53. The molecular weight excluding hydrogens is 411 g/mol. The molecule has 1 saturated heterocycles. The summed E-state index contributed by atoms with van der Waals surface area (Å²) in [6, 6.07) is 8.15. The Kier molecular flexibility index (Phi) is 5.86. The highest BCUT2D eigenvalue weighted by molar-refractivity contribution is 5.89. The van der Waals surface area contributed by atoms with E-state index in [4.69, 9.17) is 14.2 Å². The molecule has 0 saturated carbocycles. The average molecular weight is 434 g/mol.